The van der Waals surface area contributed by atoms with Crippen LogP contribution in [0.1, 0.15) is 47.0 Å². The summed E-state index contributed by atoms with van der Waals surface area (Å²) in [5, 5.41) is 0. The standard InChI is InChI=1S/C27H24N4OS/c1-2-23(19-6-4-3-5-7-19)26(21-13-14-24-22(16-21)17-28-30-24)20-11-8-18(9-12-20)10-15-25-29-27(32)33-31-25/h3-16,28,30H,2,17H2,1H3,(H,29,31,32)/b15-10+,26-23+. The van der Waals surface area contributed by atoms with Crippen molar-refractivity contribution < 1.29 is 0 Å². The number of fused-ring (bicyclic) bond motifs is 1. The number of anilines is 1. The first-order chi connectivity index (χ1) is 16.2. The maximum absolute atomic E-state index is 11.3. The van der Waals surface area contributed by atoms with Gasteiger partial charge in [0.05, 0.1) is 5.69 Å². The zero-order chi connectivity index (χ0) is 22.6. The number of nitrogens with zero attached hydrogens (tertiary/aromatic N) is 1. The first-order valence-electron chi connectivity index (χ1n) is 11.0. The van der Waals surface area contributed by atoms with Gasteiger partial charge < -0.3 is 5.43 Å². The Hall–Kier alpha value is -3.74. The van der Waals surface area contributed by atoms with Crippen LogP contribution in [0.2, 0.25) is 0 Å². The number of hydrogen-bond donors (Lipinski definition) is 3. The van der Waals surface area contributed by atoms with Crippen molar-refractivity contribution in [2.75, 3.05) is 5.43 Å². The number of allylic oxidation sites excluding steroid dienone is 1. The van der Waals surface area contributed by atoms with E-state index in [1.807, 2.05) is 12.2 Å². The van der Waals surface area contributed by atoms with Gasteiger partial charge in [-0.25, -0.2) is 5.43 Å². The molecule has 4 aromatic rings. The van der Waals surface area contributed by atoms with Gasteiger partial charge >= 0.3 is 4.87 Å². The Morgan fingerprint density at radius 3 is 2.48 bits per heavy atom. The Kier molecular flexibility index (Phi) is 6.02. The minimum atomic E-state index is -0.146. The van der Waals surface area contributed by atoms with Crippen LogP contribution in [-0.2, 0) is 6.54 Å². The highest BCUT2D eigenvalue weighted by Gasteiger charge is 2.16. The molecular weight excluding hydrogens is 428 g/mol. The SMILES string of the molecule is CC/C(=C(/c1ccc(/C=C/c2nsc(=O)[nH]2)cc1)c1ccc2c(c1)CNN2)c1ccccc1. The summed E-state index contributed by atoms with van der Waals surface area (Å²) in [6.45, 7) is 3.02. The predicted molar refractivity (Wildman–Crippen MR) is 138 cm³/mol. The van der Waals surface area contributed by atoms with Gasteiger partial charge in [-0.05, 0) is 63.6 Å². The van der Waals surface area contributed by atoms with Gasteiger partial charge in [-0.2, -0.15) is 4.37 Å². The van der Waals surface area contributed by atoms with Gasteiger partial charge in [0.15, 0.2) is 0 Å². The number of rotatable bonds is 6. The second kappa shape index (κ2) is 9.40. The largest absolute Gasteiger partial charge is 0.323 e. The predicted octanol–water partition coefficient (Wildman–Crippen LogP) is 5.80. The van der Waals surface area contributed by atoms with Crippen LogP contribution in [0.3, 0.4) is 0 Å². The molecule has 6 heteroatoms. The summed E-state index contributed by atoms with van der Waals surface area (Å²) < 4.78 is 4.08. The topological polar surface area (TPSA) is 69.8 Å². The van der Waals surface area contributed by atoms with Crippen LogP contribution in [0.15, 0.2) is 77.6 Å². The van der Waals surface area contributed by atoms with Gasteiger partial charge in [-0.3, -0.25) is 9.78 Å². The molecule has 5 rings (SSSR count). The van der Waals surface area contributed by atoms with Crippen molar-refractivity contribution >= 4 is 40.5 Å². The molecule has 0 saturated heterocycles. The molecule has 164 valence electrons. The second-order valence-corrected chi connectivity index (χ2v) is 8.60. The van der Waals surface area contributed by atoms with E-state index >= 15 is 0 Å². The Morgan fingerprint density at radius 1 is 0.970 bits per heavy atom. The summed E-state index contributed by atoms with van der Waals surface area (Å²) >= 11 is 0.928. The molecule has 0 aliphatic carbocycles. The molecule has 1 aliphatic heterocycles. The molecule has 1 aromatic heterocycles. The zero-order valence-electron chi connectivity index (χ0n) is 18.3. The van der Waals surface area contributed by atoms with Crippen molar-refractivity contribution in [2.24, 2.45) is 0 Å². The molecule has 2 heterocycles. The lowest BCUT2D eigenvalue weighted by molar-refractivity contribution is 0.860. The van der Waals surface area contributed by atoms with Crippen molar-refractivity contribution in [2.45, 2.75) is 19.9 Å². The smallest absolute Gasteiger partial charge is 0.321 e. The van der Waals surface area contributed by atoms with E-state index in [0.717, 1.165) is 35.7 Å². The van der Waals surface area contributed by atoms with E-state index in [1.165, 1.54) is 33.4 Å². The average molecular weight is 453 g/mol. The Balaban J connectivity index is 1.58. The molecule has 33 heavy (non-hydrogen) atoms. The number of nitrogens with one attached hydrogen (secondary N) is 3. The molecule has 5 nitrogen and oxygen atoms in total. The highest BCUT2D eigenvalue weighted by atomic mass is 32.1. The van der Waals surface area contributed by atoms with E-state index < -0.39 is 0 Å². The molecule has 0 atom stereocenters. The molecule has 3 aromatic carbocycles. The summed E-state index contributed by atoms with van der Waals surface area (Å²) in [5.74, 6) is 0.576. The van der Waals surface area contributed by atoms with Gasteiger partial charge in [0.2, 0.25) is 0 Å². The summed E-state index contributed by atoms with van der Waals surface area (Å²) in [6, 6.07) is 25.8. The molecule has 0 radical (unpaired) electrons. The highest BCUT2D eigenvalue weighted by molar-refractivity contribution is 7.02. The lowest BCUT2D eigenvalue weighted by Gasteiger charge is -2.17. The number of aromatic amines is 1. The monoisotopic (exact) mass is 452 g/mol. The van der Waals surface area contributed by atoms with E-state index in [0.29, 0.717) is 5.82 Å². The first-order valence-corrected chi connectivity index (χ1v) is 11.7. The van der Waals surface area contributed by atoms with Crippen LogP contribution in [0.5, 0.6) is 0 Å². The maximum Gasteiger partial charge on any atom is 0.323 e. The van der Waals surface area contributed by atoms with Gasteiger partial charge in [0.25, 0.3) is 0 Å². The fourth-order valence-corrected chi connectivity index (χ4v) is 4.62. The van der Waals surface area contributed by atoms with E-state index in [9.17, 15) is 4.79 Å². The first kappa shape index (κ1) is 21.1. The molecule has 0 fully saturated rings. The van der Waals surface area contributed by atoms with Crippen LogP contribution < -0.4 is 15.7 Å². The van der Waals surface area contributed by atoms with Crippen molar-refractivity contribution in [1.82, 2.24) is 14.8 Å². The molecular formula is C27H24N4OS. The molecule has 0 amide bonds. The van der Waals surface area contributed by atoms with Gasteiger partial charge in [-0.15, -0.1) is 0 Å². The third kappa shape index (κ3) is 4.58. The number of hydrazine groups is 1. The third-order valence-electron chi connectivity index (χ3n) is 5.76. The van der Waals surface area contributed by atoms with Crippen LogP contribution in [-0.4, -0.2) is 9.36 Å². The Morgan fingerprint density at radius 2 is 1.76 bits per heavy atom. The van der Waals surface area contributed by atoms with Gasteiger partial charge in [0, 0.05) is 18.1 Å². The van der Waals surface area contributed by atoms with Crippen LogP contribution >= 0.6 is 11.5 Å². The molecule has 0 saturated carbocycles. The summed E-state index contributed by atoms with van der Waals surface area (Å²) in [7, 11) is 0. The number of benzene rings is 3. The van der Waals surface area contributed by atoms with Crippen molar-refractivity contribution in [1.29, 1.82) is 0 Å². The summed E-state index contributed by atoms with van der Waals surface area (Å²) in [6.07, 6.45) is 4.71. The van der Waals surface area contributed by atoms with E-state index in [4.69, 9.17) is 0 Å². The zero-order valence-corrected chi connectivity index (χ0v) is 19.1. The van der Waals surface area contributed by atoms with Crippen LogP contribution in [0.25, 0.3) is 23.3 Å². The van der Waals surface area contributed by atoms with Crippen molar-refractivity contribution in [3.63, 3.8) is 0 Å². The van der Waals surface area contributed by atoms with Crippen LogP contribution in [0, 0.1) is 0 Å². The lowest BCUT2D eigenvalue weighted by Crippen LogP contribution is -2.10. The molecule has 3 N–H and O–H groups in total. The van der Waals surface area contributed by atoms with Gasteiger partial charge in [-0.1, -0.05) is 73.7 Å². The van der Waals surface area contributed by atoms with E-state index in [2.05, 4.69) is 99.9 Å². The molecule has 0 bridgehead atoms. The summed E-state index contributed by atoms with van der Waals surface area (Å²) in [4.78, 5) is 13.8. The molecule has 1 aliphatic rings. The average Bonchev–Trinajstić information content (AvgIpc) is 3.50. The normalized spacial score (nSPS) is 13.6. The summed E-state index contributed by atoms with van der Waals surface area (Å²) in [5.41, 5.74) is 16.1. The highest BCUT2D eigenvalue weighted by Crippen LogP contribution is 2.36. The minimum absolute atomic E-state index is 0.146. The number of hydrogen-bond acceptors (Lipinski definition) is 5. The molecule has 0 unspecified atom stereocenters. The number of aromatic nitrogens is 2. The van der Waals surface area contributed by atoms with Crippen LogP contribution in [0.4, 0.5) is 5.69 Å². The third-order valence-corrected chi connectivity index (χ3v) is 6.32. The number of H-pyrrole nitrogens is 1. The fraction of sp³-hybridized carbons (Fsp3) is 0.111. The van der Waals surface area contributed by atoms with Crippen molar-refractivity contribution in [3.05, 3.63) is 116 Å². The van der Waals surface area contributed by atoms with Gasteiger partial charge in [0.1, 0.15) is 5.82 Å². The fourth-order valence-electron chi connectivity index (χ4n) is 4.18. The lowest BCUT2D eigenvalue weighted by atomic mass is 9.87. The van der Waals surface area contributed by atoms with E-state index in [-0.39, 0.29) is 4.87 Å². The van der Waals surface area contributed by atoms with E-state index in [1.54, 1.807) is 0 Å². The minimum Gasteiger partial charge on any atom is -0.321 e. The Labute approximate surface area is 196 Å². The second-order valence-electron chi connectivity index (χ2n) is 7.86. The quantitative estimate of drug-likeness (QED) is 0.323. The molecule has 0 spiro atoms. The maximum atomic E-state index is 11.3. The Bertz CT molecular complexity index is 1380. The van der Waals surface area contributed by atoms with Crippen molar-refractivity contribution in [3.8, 4) is 0 Å².